The second-order valence-electron chi connectivity index (χ2n) is 2.11. The predicted molar refractivity (Wildman–Crippen MR) is 48.6 cm³/mol. The molecule has 0 unspecified atom stereocenters. The van der Waals surface area contributed by atoms with Gasteiger partial charge in [0.15, 0.2) is 5.69 Å². The van der Waals surface area contributed by atoms with E-state index in [0.717, 1.165) is 11.5 Å². The maximum Gasteiger partial charge on any atom is 0.358 e. The van der Waals surface area contributed by atoms with Crippen molar-refractivity contribution in [3.05, 3.63) is 22.7 Å². The molecule has 4 nitrogen and oxygen atoms in total. The summed E-state index contributed by atoms with van der Waals surface area (Å²) in [6.45, 7) is 0. The first-order chi connectivity index (χ1) is 6.29. The third kappa shape index (κ3) is 2.22. The largest absolute Gasteiger partial charge is 0.464 e. The number of aromatic nitrogens is 1. The fourth-order valence-corrected chi connectivity index (χ4v) is 1.40. The molecular formula is C8H7NO3S. The van der Waals surface area contributed by atoms with Gasteiger partial charge in [0.05, 0.1) is 7.11 Å². The van der Waals surface area contributed by atoms with Crippen LogP contribution in [0.15, 0.2) is 11.5 Å². The van der Waals surface area contributed by atoms with Crippen LogP contribution in [0.1, 0.15) is 16.1 Å². The summed E-state index contributed by atoms with van der Waals surface area (Å²) in [4.78, 5) is 21.1. The van der Waals surface area contributed by atoms with Crippen LogP contribution in [0.4, 0.5) is 0 Å². The Morgan fingerprint density at radius 1 is 1.69 bits per heavy atom. The van der Waals surface area contributed by atoms with Gasteiger partial charge in [-0.1, -0.05) is 0 Å². The first-order valence-corrected chi connectivity index (χ1v) is 4.27. The van der Waals surface area contributed by atoms with E-state index in [-0.39, 0.29) is 5.69 Å². The van der Waals surface area contributed by atoms with Gasteiger partial charge in [-0.15, -0.1) is 0 Å². The maximum absolute atomic E-state index is 11.1. The number of rotatable bonds is 3. The summed E-state index contributed by atoms with van der Waals surface area (Å²) in [5.74, 6) is -0.494. The number of hydrogen-bond donors (Lipinski definition) is 0. The average molecular weight is 197 g/mol. The fourth-order valence-electron chi connectivity index (χ4n) is 0.757. The predicted octanol–water partition coefficient (Wildman–Crippen LogP) is 1.14. The minimum absolute atomic E-state index is 0.241. The lowest BCUT2D eigenvalue weighted by Gasteiger charge is -1.94. The first-order valence-electron chi connectivity index (χ1n) is 3.44. The van der Waals surface area contributed by atoms with Gasteiger partial charge in [-0.05, 0) is 23.7 Å². The minimum atomic E-state index is -0.494. The number of aldehydes is 1. The number of carbonyl (C=O) groups is 2. The average Bonchev–Trinajstić information content (AvgIpc) is 2.61. The van der Waals surface area contributed by atoms with Crippen molar-refractivity contribution in [2.24, 2.45) is 0 Å². The number of esters is 1. The maximum atomic E-state index is 11.1. The normalized spacial score (nSPS) is 10.2. The van der Waals surface area contributed by atoms with E-state index < -0.39 is 5.97 Å². The molecule has 68 valence electrons. The van der Waals surface area contributed by atoms with Crippen LogP contribution in [0.25, 0.3) is 6.08 Å². The molecule has 0 fully saturated rings. The Balaban J connectivity index is 2.95. The topological polar surface area (TPSA) is 56.3 Å². The molecule has 0 saturated carbocycles. The molecule has 0 saturated heterocycles. The van der Waals surface area contributed by atoms with Gasteiger partial charge in [0.1, 0.15) is 6.29 Å². The van der Waals surface area contributed by atoms with Crippen molar-refractivity contribution in [3.63, 3.8) is 0 Å². The molecule has 1 aromatic rings. The molecule has 0 amide bonds. The molecule has 5 heteroatoms. The number of nitrogens with zero attached hydrogens (tertiary/aromatic N) is 1. The number of carbonyl (C=O) groups excluding carboxylic acids is 2. The molecule has 0 aliphatic carbocycles. The van der Waals surface area contributed by atoms with E-state index in [2.05, 4.69) is 9.11 Å². The summed E-state index contributed by atoms with van der Waals surface area (Å²) in [6.07, 6.45) is 3.46. The highest BCUT2D eigenvalue weighted by molar-refractivity contribution is 7.04. The zero-order valence-electron chi connectivity index (χ0n) is 6.89. The van der Waals surface area contributed by atoms with Crippen molar-refractivity contribution < 1.29 is 14.3 Å². The summed E-state index contributed by atoms with van der Waals surface area (Å²) in [6, 6.07) is 0. The molecule has 1 rings (SSSR count). The van der Waals surface area contributed by atoms with Crippen LogP contribution in [0.5, 0.6) is 0 Å². The monoisotopic (exact) mass is 197 g/mol. The highest BCUT2D eigenvalue weighted by Crippen LogP contribution is 2.13. The SMILES string of the molecule is COC(=O)c1nscc1C=CC=O. The van der Waals surface area contributed by atoms with Gasteiger partial charge in [0.25, 0.3) is 0 Å². The molecule has 0 radical (unpaired) electrons. The number of allylic oxidation sites excluding steroid dienone is 1. The molecule has 1 heterocycles. The van der Waals surface area contributed by atoms with Gasteiger partial charge >= 0.3 is 5.97 Å². The summed E-state index contributed by atoms with van der Waals surface area (Å²) in [5, 5.41) is 1.67. The lowest BCUT2D eigenvalue weighted by Crippen LogP contribution is -2.02. The first kappa shape index (κ1) is 9.60. The van der Waals surface area contributed by atoms with Crippen LogP contribution in [-0.2, 0) is 9.53 Å². The highest BCUT2D eigenvalue weighted by atomic mass is 32.1. The van der Waals surface area contributed by atoms with Crippen molar-refractivity contribution >= 4 is 29.9 Å². The van der Waals surface area contributed by atoms with Crippen LogP contribution in [0.2, 0.25) is 0 Å². The third-order valence-electron chi connectivity index (χ3n) is 1.33. The molecule has 0 aliphatic heterocycles. The number of ether oxygens (including phenoxy) is 1. The molecule has 0 aliphatic rings. The number of methoxy groups -OCH3 is 1. The molecule has 0 aromatic carbocycles. The minimum Gasteiger partial charge on any atom is -0.464 e. The summed E-state index contributed by atoms with van der Waals surface area (Å²) < 4.78 is 8.34. The van der Waals surface area contributed by atoms with Gasteiger partial charge < -0.3 is 4.74 Å². The molecule has 0 bridgehead atoms. The lowest BCUT2D eigenvalue weighted by atomic mass is 10.2. The van der Waals surface area contributed by atoms with Gasteiger partial charge in [0, 0.05) is 10.9 Å². The molecule has 0 atom stereocenters. The highest BCUT2D eigenvalue weighted by Gasteiger charge is 2.12. The summed E-state index contributed by atoms with van der Waals surface area (Å²) in [7, 11) is 1.29. The molecule has 0 spiro atoms. The second kappa shape index (κ2) is 4.51. The van der Waals surface area contributed by atoms with Crippen molar-refractivity contribution in [2.45, 2.75) is 0 Å². The summed E-state index contributed by atoms with van der Waals surface area (Å²) in [5.41, 5.74) is 0.842. The zero-order valence-corrected chi connectivity index (χ0v) is 7.71. The fraction of sp³-hybridized carbons (Fsp3) is 0.125. The van der Waals surface area contributed by atoms with Gasteiger partial charge in [-0.3, -0.25) is 4.79 Å². The van der Waals surface area contributed by atoms with Crippen molar-refractivity contribution in [3.8, 4) is 0 Å². The Bertz CT molecular complexity index is 343. The third-order valence-corrected chi connectivity index (χ3v) is 1.98. The van der Waals surface area contributed by atoms with E-state index in [4.69, 9.17) is 0 Å². The van der Waals surface area contributed by atoms with E-state index in [1.54, 1.807) is 5.38 Å². The van der Waals surface area contributed by atoms with E-state index in [9.17, 15) is 9.59 Å². The van der Waals surface area contributed by atoms with Gasteiger partial charge in [-0.25, -0.2) is 4.79 Å². The molecule has 13 heavy (non-hydrogen) atoms. The quantitative estimate of drug-likeness (QED) is 0.414. The smallest absolute Gasteiger partial charge is 0.358 e. The van der Waals surface area contributed by atoms with E-state index in [1.807, 2.05) is 0 Å². The second-order valence-corrected chi connectivity index (χ2v) is 2.73. The van der Waals surface area contributed by atoms with Crippen LogP contribution in [-0.4, -0.2) is 23.7 Å². The Kier molecular flexibility index (Phi) is 3.33. The van der Waals surface area contributed by atoms with E-state index in [1.165, 1.54) is 19.3 Å². The molecule has 1 aromatic heterocycles. The number of hydrogen-bond acceptors (Lipinski definition) is 5. The van der Waals surface area contributed by atoms with Crippen molar-refractivity contribution in [2.75, 3.05) is 7.11 Å². The van der Waals surface area contributed by atoms with Gasteiger partial charge in [-0.2, -0.15) is 4.37 Å². The van der Waals surface area contributed by atoms with Crippen LogP contribution in [0.3, 0.4) is 0 Å². The van der Waals surface area contributed by atoms with E-state index >= 15 is 0 Å². The van der Waals surface area contributed by atoms with Crippen LogP contribution < -0.4 is 0 Å². The Morgan fingerprint density at radius 2 is 2.46 bits per heavy atom. The van der Waals surface area contributed by atoms with E-state index in [0.29, 0.717) is 11.8 Å². The van der Waals surface area contributed by atoms with Crippen LogP contribution in [0, 0.1) is 0 Å². The zero-order chi connectivity index (χ0) is 9.68. The molecular weight excluding hydrogens is 190 g/mol. The van der Waals surface area contributed by atoms with Crippen LogP contribution >= 0.6 is 11.5 Å². The molecule has 0 N–H and O–H groups in total. The Labute approximate surface area is 79.0 Å². The Morgan fingerprint density at radius 3 is 3.08 bits per heavy atom. The summed E-state index contributed by atoms with van der Waals surface area (Å²) >= 11 is 1.14. The Hall–Kier alpha value is -1.49. The van der Waals surface area contributed by atoms with Gasteiger partial charge in [0.2, 0.25) is 0 Å². The lowest BCUT2D eigenvalue weighted by molar-refractivity contribution is -0.104. The standard InChI is InChI=1S/C8H7NO3S/c1-12-8(11)7-6(3-2-4-10)5-13-9-7/h2-5H,1H3. The van der Waals surface area contributed by atoms with Crippen molar-refractivity contribution in [1.29, 1.82) is 0 Å². The van der Waals surface area contributed by atoms with Crippen molar-refractivity contribution in [1.82, 2.24) is 4.37 Å².